The molecule has 37 heavy (non-hydrogen) atoms. The quantitative estimate of drug-likeness (QED) is 0.489. The molecule has 3 aromatic rings. The van der Waals surface area contributed by atoms with Crippen LogP contribution in [-0.4, -0.2) is 70.6 Å². The predicted octanol–water partition coefficient (Wildman–Crippen LogP) is 3.95. The van der Waals surface area contributed by atoms with Gasteiger partial charge in [-0.05, 0) is 94.8 Å². The van der Waals surface area contributed by atoms with Crippen molar-refractivity contribution >= 4 is 29.5 Å². The molecule has 0 saturated carbocycles. The van der Waals surface area contributed by atoms with Gasteiger partial charge >= 0.3 is 7.12 Å². The fourth-order valence-corrected chi connectivity index (χ4v) is 5.30. The van der Waals surface area contributed by atoms with Gasteiger partial charge in [0.1, 0.15) is 5.65 Å². The van der Waals surface area contributed by atoms with Crippen molar-refractivity contribution in [2.75, 3.05) is 27.0 Å². The van der Waals surface area contributed by atoms with Crippen molar-refractivity contribution < 1.29 is 22.3 Å². The average molecular weight is 509 g/mol. The Morgan fingerprint density at radius 3 is 2.38 bits per heavy atom. The van der Waals surface area contributed by atoms with Gasteiger partial charge in [-0.15, -0.1) is 0 Å². The highest BCUT2D eigenvalue weighted by molar-refractivity contribution is 6.65. The molecule has 2 fully saturated rings. The molecule has 4 heterocycles. The standard InChI is InChI=1S/C29H39BN4O3/c1-28(2)29(3,4)37-30(36-28)25-12-15-31-26-24(25)18-23(33(26)7)19-34-16-13-21(14-17-34)20-8-10-22(11-9-20)27(35)32(5)6/h8-12,15,18,21H,13-14,16-17,19H2,1-7H3/i5D3,6D3. The van der Waals surface area contributed by atoms with Crippen LogP contribution < -0.4 is 5.46 Å². The molecular formula is C29H39BN4O3. The lowest BCUT2D eigenvalue weighted by atomic mass is 9.78. The van der Waals surface area contributed by atoms with E-state index >= 15 is 0 Å². The summed E-state index contributed by atoms with van der Waals surface area (Å²) in [6.45, 7) is 4.61. The second kappa shape index (κ2) is 9.57. The van der Waals surface area contributed by atoms with Crippen LogP contribution in [0, 0.1) is 0 Å². The highest BCUT2D eigenvalue weighted by Gasteiger charge is 2.52. The number of benzene rings is 1. The number of carbonyl (C=O) groups excluding carboxylic acids is 1. The Morgan fingerprint density at radius 1 is 1.11 bits per heavy atom. The van der Waals surface area contributed by atoms with Gasteiger partial charge in [0, 0.05) is 58.6 Å². The molecule has 0 spiro atoms. The topological polar surface area (TPSA) is 59.8 Å². The zero-order valence-corrected chi connectivity index (χ0v) is 22.2. The van der Waals surface area contributed by atoms with Crippen LogP contribution >= 0.6 is 0 Å². The summed E-state index contributed by atoms with van der Waals surface area (Å²) < 4.78 is 59.8. The molecule has 2 aromatic heterocycles. The van der Waals surface area contributed by atoms with E-state index in [2.05, 4.69) is 20.5 Å². The summed E-state index contributed by atoms with van der Waals surface area (Å²) in [7, 11) is 1.57. The zero-order valence-electron chi connectivity index (χ0n) is 28.2. The van der Waals surface area contributed by atoms with Crippen LogP contribution in [0.15, 0.2) is 42.6 Å². The third-order valence-electron chi connectivity index (χ3n) is 8.37. The first kappa shape index (κ1) is 19.4. The molecule has 0 atom stereocenters. The van der Waals surface area contributed by atoms with Gasteiger partial charge in [0.2, 0.25) is 0 Å². The van der Waals surface area contributed by atoms with Gasteiger partial charge in [-0.25, -0.2) is 4.98 Å². The summed E-state index contributed by atoms with van der Waals surface area (Å²) in [5.41, 5.74) is 3.25. The van der Waals surface area contributed by atoms with Crippen molar-refractivity contribution in [1.29, 1.82) is 0 Å². The van der Waals surface area contributed by atoms with Gasteiger partial charge in [-0.2, -0.15) is 0 Å². The highest BCUT2D eigenvalue weighted by Crippen LogP contribution is 2.37. The summed E-state index contributed by atoms with van der Waals surface area (Å²) in [6.07, 6.45) is 3.65. The van der Waals surface area contributed by atoms with Crippen molar-refractivity contribution in [3.8, 4) is 0 Å². The molecule has 5 rings (SSSR count). The number of amides is 1. The van der Waals surface area contributed by atoms with E-state index in [0.29, 0.717) is 0 Å². The first-order chi connectivity index (χ1) is 19.9. The van der Waals surface area contributed by atoms with Crippen LogP contribution in [0.2, 0.25) is 0 Å². The molecule has 1 amide bonds. The molecule has 2 aliphatic rings. The maximum Gasteiger partial charge on any atom is 0.495 e. The normalized spacial score (nSPS) is 23.1. The summed E-state index contributed by atoms with van der Waals surface area (Å²) >= 11 is 0. The van der Waals surface area contributed by atoms with E-state index in [-0.39, 0.29) is 16.4 Å². The number of hydrogen-bond acceptors (Lipinski definition) is 5. The van der Waals surface area contributed by atoms with Crippen LogP contribution in [0.1, 0.15) is 76.3 Å². The Hall–Kier alpha value is -2.68. The zero-order chi connectivity index (χ0) is 31.5. The number of pyridine rings is 1. The minimum Gasteiger partial charge on any atom is -0.399 e. The largest absolute Gasteiger partial charge is 0.495 e. The Kier molecular flexibility index (Phi) is 5.02. The van der Waals surface area contributed by atoms with E-state index in [1.807, 2.05) is 40.8 Å². The molecule has 2 aliphatic heterocycles. The minimum absolute atomic E-state index is 0.00561. The molecular weight excluding hydrogens is 463 g/mol. The van der Waals surface area contributed by atoms with Gasteiger partial charge in [-0.3, -0.25) is 9.69 Å². The van der Waals surface area contributed by atoms with E-state index in [1.165, 1.54) is 12.1 Å². The lowest BCUT2D eigenvalue weighted by molar-refractivity contribution is 0.00578. The lowest BCUT2D eigenvalue weighted by Crippen LogP contribution is -2.41. The second-order valence-corrected chi connectivity index (χ2v) is 11.2. The third kappa shape index (κ3) is 4.82. The molecule has 0 aliphatic carbocycles. The molecule has 0 radical (unpaired) electrons. The van der Waals surface area contributed by atoms with Crippen molar-refractivity contribution in [3.63, 3.8) is 0 Å². The second-order valence-electron chi connectivity index (χ2n) is 11.2. The van der Waals surface area contributed by atoms with E-state index in [0.717, 1.165) is 60.2 Å². The Balaban J connectivity index is 1.25. The fraction of sp³-hybridized carbons (Fsp3) is 0.517. The Labute approximate surface area is 229 Å². The number of aromatic nitrogens is 2. The molecule has 1 aromatic carbocycles. The number of carbonyl (C=O) groups is 1. The van der Waals surface area contributed by atoms with E-state index in [1.54, 1.807) is 18.3 Å². The van der Waals surface area contributed by atoms with Crippen LogP contribution in [0.5, 0.6) is 0 Å². The van der Waals surface area contributed by atoms with Crippen molar-refractivity contribution in [1.82, 2.24) is 19.4 Å². The number of aryl methyl sites for hydroxylation is 1. The van der Waals surface area contributed by atoms with Gasteiger partial charge < -0.3 is 18.8 Å². The van der Waals surface area contributed by atoms with Crippen LogP contribution in [0.4, 0.5) is 0 Å². The number of likely N-dealkylation sites (tertiary alicyclic amines) is 1. The maximum absolute atomic E-state index is 12.8. The summed E-state index contributed by atoms with van der Waals surface area (Å²) in [6, 6.07) is 10.8. The van der Waals surface area contributed by atoms with E-state index < -0.39 is 38.2 Å². The molecule has 0 bridgehead atoms. The number of piperidine rings is 1. The van der Waals surface area contributed by atoms with Gasteiger partial charge in [0.05, 0.1) is 11.2 Å². The number of hydrogen-bond donors (Lipinski definition) is 0. The Morgan fingerprint density at radius 2 is 1.76 bits per heavy atom. The number of rotatable bonds is 5. The van der Waals surface area contributed by atoms with Crippen LogP contribution in [0.25, 0.3) is 11.0 Å². The van der Waals surface area contributed by atoms with Crippen molar-refractivity contribution in [3.05, 3.63) is 59.4 Å². The first-order valence-corrected chi connectivity index (χ1v) is 12.8. The average Bonchev–Trinajstić information content (AvgIpc) is 3.33. The van der Waals surface area contributed by atoms with Crippen molar-refractivity contribution in [2.45, 2.75) is 64.2 Å². The maximum atomic E-state index is 12.8. The van der Waals surface area contributed by atoms with Crippen molar-refractivity contribution in [2.24, 2.45) is 7.05 Å². The third-order valence-corrected chi connectivity index (χ3v) is 8.37. The van der Waals surface area contributed by atoms with E-state index in [9.17, 15) is 4.79 Å². The highest BCUT2D eigenvalue weighted by atomic mass is 16.7. The molecule has 2 saturated heterocycles. The summed E-state index contributed by atoms with van der Waals surface area (Å²) in [4.78, 5) is 19.8. The molecule has 8 heteroatoms. The van der Waals surface area contributed by atoms with Gasteiger partial charge in [-0.1, -0.05) is 12.1 Å². The smallest absolute Gasteiger partial charge is 0.399 e. The molecule has 196 valence electrons. The van der Waals surface area contributed by atoms with Crippen LogP contribution in [0.3, 0.4) is 0 Å². The Bertz CT molecular complexity index is 1460. The summed E-state index contributed by atoms with van der Waals surface area (Å²) in [5, 5.41) is 1.03. The minimum atomic E-state index is -3.07. The predicted molar refractivity (Wildman–Crippen MR) is 148 cm³/mol. The van der Waals surface area contributed by atoms with Gasteiger partial charge in [0.15, 0.2) is 0 Å². The summed E-state index contributed by atoms with van der Waals surface area (Å²) in [5.74, 6) is -0.752. The monoisotopic (exact) mass is 508 g/mol. The fourth-order valence-electron chi connectivity index (χ4n) is 5.30. The van der Waals surface area contributed by atoms with Gasteiger partial charge in [0.25, 0.3) is 5.91 Å². The van der Waals surface area contributed by atoms with E-state index in [4.69, 9.17) is 17.5 Å². The lowest BCUT2D eigenvalue weighted by Gasteiger charge is -2.32. The molecule has 0 unspecified atom stereocenters. The first-order valence-electron chi connectivity index (χ1n) is 15.8. The molecule has 0 N–H and O–H groups in total. The molecule has 7 nitrogen and oxygen atoms in total. The number of nitrogens with zero attached hydrogens (tertiary/aromatic N) is 4. The SMILES string of the molecule is [2H]C([2H])([2H])N(C(=O)c1ccc(C2CCN(Cc3cc4c(B5OC(C)(C)C(C)(C)O5)ccnc4n3C)CC2)cc1)C([2H])([2H])[2H]. The number of fused-ring (bicyclic) bond motifs is 1. The van der Waals surface area contributed by atoms with Crippen LogP contribution in [-0.2, 0) is 22.9 Å².